The van der Waals surface area contributed by atoms with Crippen molar-refractivity contribution in [2.75, 3.05) is 0 Å². The van der Waals surface area contributed by atoms with Crippen molar-refractivity contribution < 1.29 is 14.8 Å². The van der Waals surface area contributed by atoms with E-state index in [-0.39, 0.29) is 52.2 Å². The van der Waals surface area contributed by atoms with Crippen LogP contribution in [-0.4, -0.2) is 32.0 Å². The summed E-state index contributed by atoms with van der Waals surface area (Å²) in [5, 5.41) is 23.5. The molecule has 0 amide bonds. The Morgan fingerprint density at radius 2 is 1.79 bits per heavy atom. The average Bonchev–Trinajstić information content (AvgIpc) is 2.66. The molecule has 4 N–H and O–H groups in total. The van der Waals surface area contributed by atoms with Crippen LogP contribution in [0.2, 0.25) is 0 Å². The second-order valence-corrected chi connectivity index (χ2v) is 6.15. The SMILES string of the molecule is Br.O=C(O)[C@H](Cc1ccccc1)NCc1cc([N+](=O)[O-])cc2[nH]c(=O)c(=O)[nH]c12. The van der Waals surface area contributed by atoms with Crippen molar-refractivity contribution in [3.63, 3.8) is 0 Å². The molecule has 10 nitrogen and oxygen atoms in total. The number of nitrogens with zero attached hydrogens (tertiary/aromatic N) is 1. The molecule has 11 heteroatoms. The summed E-state index contributed by atoms with van der Waals surface area (Å²) in [6.07, 6.45) is 0.205. The number of halogens is 1. The van der Waals surface area contributed by atoms with Crippen molar-refractivity contribution in [3.8, 4) is 0 Å². The Labute approximate surface area is 173 Å². The minimum atomic E-state index is -1.08. The van der Waals surface area contributed by atoms with Gasteiger partial charge in [0, 0.05) is 18.7 Å². The van der Waals surface area contributed by atoms with Gasteiger partial charge in [-0.05, 0) is 17.5 Å². The second kappa shape index (κ2) is 9.26. The standard InChI is InChI=1S/C18H16N4O6.BrH/c23-16-17(24)21-15-11(7-12(22(27)28)8-13(15)20-16)9-19-14(18(25)26)6-10-4-2-1-3-5-10;/h1-5,7-8,14,19H,6,9H2,(H,20,23)(H,21,24)(H,25,26);1H/t14-;/m0./s1. The van der Waals surface area contributed by atoms with Crippen molar-refractivity contribution >= 4 is 39.7 Å². The van der Waals surface area contributed by atoms with Crippen LogP contribution in [0.5, 0.6) is 0 Å². The number of fused-ring (bicyclic) bond motifs is 1. The third-order valence-electron chi connectivity index (χ3n) is 4.23. The zero-order valence-electron chi connectivity index (χ0n) is 14.9. The number of aliphatic carboxylic acids is 1. The molecule has 0 unspecified atom stereocenters. The summed E-state index contributed by atoms with van der Waals surface area (Å²) in [7, 11) is 0. The maximum absolute atomic E-state index is 11.6. The summed E-state index contributed by atoms with van der Waals surface area (Å²) in [5.41, 5.74) is -0.735. The summed E-state index contributed by atoms with van der Waals surface area (Å²) in [6.45, 7) is -0.0655. The molecule has 0 radical (unpaired) electrons. The smallest absolute Gasteiger partial charge is 0.321 e. The van der Waals surface area contributed by atoms with Crippen LogP contribution in [0.15, 0.2) is 52.1 Å². The first-order chi connectivity index (χ1) is 13.3. The molecule has 0 aliphatic heterocycles. The summed E-state index contributed by atoms with van der Waals surface area (Å²) in [4.78, 5) is 50.0. The normalized spacial score (nSPS) is 11.6. The molecule has 0 spiro atoms. The topological polar surface area (TPSA) is 158 Å². The lowest BCUT2D eigenvalue weighted by Crippen LogP contribution is -2.38. The Morgan fingerprint density at radius 1 is 1.14 bits per heavy atom. The van der Waals surface area contributed by atoms with Gasteiger partial charge in [0.1, 0.15) is 6.04 Å². The van der Waals surface area contributed by atoms with Crippen LogP contribution < -0.4 is 16.4 Å². The number of benzene rings is 2. The maximum atomic E-state index is 11.6. The van der Waals surface area contributed by atoms with Gasteiger partial charge in [-0.1, -0.05) is 30.3 Å². The zero-order valence-corrected chi connectivity index (χ0v) is 16.6. The molecule has 0 bridgehead atoms. The fraction of sp³-hybridized carbons (Fsp3) is 0.167. The van der Waals surface area contributed by atoms with E-state index in [0.29, 0.717) is 0 Å². The number of aromatic nitrogens is 2. The summed E-state index contributed by atoms with van der Waals surface area (Å²) >= 11 is 0. The number of nitrogens with one attached hydrogen (secondary N) is 3. The Balaban J connectivity index is 0.00000300. The van der Waals surface area contributed by atoms with Crippen LogP contribution in [0.4, 0.5) is 5.69 Å². The lowest BCUT2D eigenvalue weighted by atomic mass is 10.1. The molecule has 1 atom stereocenters. The van der Waals surface area contributed by atoms with Crippen LogP contribution in [0, 0.1) is 10.1 Å². The molecule has 2 aromatic carbocycles. The first kappa shape index (κ1) is 22.0. The highest BCUT2D eigenvalue weighted by atomic mass is 79.9. The van der Waals surface area contributed by atoms with Gasteiger partial charge < -0.3 is 15.1 Å². The van der Waals surface area contributed by atoms with Crippen molar-refractivity contribution in [3.05, 3.63) is 84.4 Å². The lowest BCUT2D eigenvalue weighted by molar-refractivity contribution is -0.384. The van der Waals surface area contributed by atoms with E-state index in [4.69, 9.17) is 0 Å². The van der Waals surface area contributed by atoms with Crippen molar-refractivity contribution in [2.24, 2.45) is 0 Å². The molecule has 3 rings (SSSR count). The first-order valence-corrected chi connectivity index (χ1v) is 8.29. The Hall–Kier alpha value is -3.31. The van der Waals surface area contributed by atoms with E-state index in [0.717, 1.165) is 11.6 Å². The van der Waals surface area contributed by atoms with E-state index in [1.165, 1.54) is 6.07 Å². The molecular formula is C18H17BrN4O6. The quantitative estimate of drug-likeness (QED) is 0.234. The third kappa shape index (κ3) is 5.15. The number of nitro groups is 1. The number of carboxylic acid groups (broad SMARTS) is 1. The predicted octanol–water partition coefficient (Wildman–Crippen LogP) is 1.49. The minimum Gasteiger partial charge on any atom is -0.480 e. The highest BCUT2D eigenvalue weighted by Crippen LogP contribution is 2.21. The molecule has 0 aliphatic carbocycles. The van der Waals surface area contributed by atoms with Gasteiger partial charge in [0.25, 0.3) is 5.69 Å². The Bertz CT molecular complexity index is 1160. The van der Waals surface area contributed by atoms with Gasteiger partial charge in [-0.2, -0.15) is 0 Å². The number of carbonyl (C=O) groups is 1. The van der Waals surface area contributed by atoms with Gasteiger partial charge in [0.05, 0.1) is 16.0 Å². The van der Waals surface area contributed by atoms with Crippen molar-refractivity contribution in [2.45, 2.75) is 19.0 Å². The number of hydrogen-bond donors (Lipinski definition) is 4. The zero-order chi connectivity index (χ0) is 20.3. The second-order valence-electron chi connectivity index (χ2n) is 6.15. The summed E-state index contributed by atoms with van der Waals surface area (Å²) < 4.78 is 0. The van der Waals surface area contributed by atoms with Crippen LogP contribution >= 0.6 is 17.0 Å². The van der Waals surface area contributed by atoms with Gasteiger partial charge in [-0.3, -0.25) is 29.8 Å². The molecule has 152 valence electrons. The van der Waals surface area contributed by atoms with Crippen LogP contribution in [0.3, 0.4) is 0 Å². The predicted molar refractivity (Wildman–Crippen MR) is 111 cm³/mol. The molecule has 1 heterocycles. The molecule has 1 aromatic heterocycles. The van der Waals surface area contributed by atoms with Crippen LogP contribution in [-0.2, 0) is 17.8 Å². The van der Waals surface area contributed by atoms with E-state index < -0.39 is 28.1 Å². The molecule has 29 heavy (non-hydrogen) atoms. The van der Waals surface area contributed by atoms with Crippen molar-refractivity contribution in [1.82, 2.24) is 15.3 Å². The minimum absolute atomic E-state index is 0. The van der Waals surface area contributed by atoms with E-state index >= 15 is 0 Å². The molecule has 0 saturated carbocycles. The van der Waals surface area contributed by atoms with Gasteiger partial charge >= 0.3 is 17.1 Å². The number of aromatic amines is 2. The van der Waals surface area contributed by atoms with E-state index in [2.05, 4.69) is 15.3 Å². The fourth-order valence-electron chi connectivity index (χ4n) is 2.86. The number of H-pyrrole nitrogens is 2. The van der Waals surface area contributed by atoms with E-state index in [9.17, 15) is 29.6 Å². The molecule has 0 saturated heterocycles. The van der Waals surface area contributed by atoms with Crippen LogP contribution in [0.25, 0.3) is 11.0 Å². The number of nitro benzene ring substituents is 1. The Kier molecular flexibility index (Phi) is 7.02. The molecule has 3 aromatic rings. The number of rotatable bonds is 7. The monoisotopic (exact) mass is 464 g/mol. The highest BCUT2D eigenvalue weighted by Gasteiger charge is 2.19. The lowest BCUT2D eigenvalue weighted by Gasteiger charge is -2.15. The largest absolute Gasteiger partial charge is 0.480 e. The van der Waals surface area contributed by atoms with Crippen molar-refractivity contribution in [1.29, 1.82) is 0 Å². The van der Waals surface area contributed by atoms with Crippen LogP contribution in [0.1, 0.15) is 11.1 Å². The van der Waals surface area contributed by atoms with Gasteiger partial charge in [0.15, 0.2) is 0 Å². The molecule has 0 fully saturated rings. The Morgan fingerprint density at radius 3 is 2.41 bits per heavy atom. The summed E-state index contributed by atoms with van der Waals surface area (Å²) in [6, 6.07) is 10.4. The van der Waals surface area contributed by atoms with Gasteiger partial charge in [0.2, 0.25) is 0 Å². The number of non-ortho nitro benzene ring substituents is 1. The summed E-state index contributed by atoms with van der Waals surface area (Å²) in [5.74, 6) is -1.08. The van der Waals surface area contributed by atoms with E-state index in [1.54, 1.807) is 24.3 Å². The molecule has 0 aliphatic rings. The maximum Gasteiger partial charge on any atom is 0.321 e. The molecular weight excluding hydrogens is 448 g/mol. The number of hydrogen-bond acceptors (Lipinski definition) is 6. The number of carboxylic acids is 1. The van der Waals surface area contributed by atoms with Gasteiger partial charge in [-0.15, -0.1) is 17.0 Å². The van der Waals surface area contributed by atoms with E-state index in [1.807, 2.05) is 6.07 Å². The van der Waals surface area contributed by atoms with Gasteiger partial charge in [-0.25, -0.2) is 0 Å². The average molecular weight is 465 g/mol. The first-order valence-electron chi connectivity index (χ1n) is 8.29. The third-order valence-corrected chi connectivity index (χ3v) is 4.23. The highest BCUT2D eigenvalue weighted by molar-refractivity contribution is 8.93. The fourth-order valence-corrected chi connectivity index (χ4v) is 2.86.